The molecule has 0 amide bonds. The van der Waals surface area contributed by atoms with Gasteiger partial charge in [0.25, 0.3) is 0 Å². The summed E-state index contributed by atoms with van der Waals surface area (Å²) in [7, 11) is 0. The largest absolute Gasteiger partial charge is 0.437 e. The van der Waals surface area contributed by atoms with E-state index in [-0.39, 0.29) is 5.78 Å². The van der Waals surface area contributed by atoms with Gasteiger partial charge in [0.2, 0.25) is 5.88 Å². The van der Waals surface area contributed by atoms with Crippen molar-refractivity contribution in [2.45, 2.75) is 13.3 Å². The van der Waals surface area contributed by atoms with Crippen molar-refractivity contribution >= 4 is 17.4 Å². The smallest absolute Gasteiger partial charge is 0.222 e. The van der Waals surface area contributed by atoms with Gasteiger partial charge in [-0.15, -0.1) is 0 Å². The number of hydrogen-bond donors (Lipinski definition) is 0. The lowest BCUT2D eigenvalue weighted by molar-refractivity contribution is 0.101. The molecule has 3 nitrogen and oxygen atoms in total. The number of nitrogens with zero attached hydrogens (tertiary/aromatic N) is 1. The van der Waals surface area contributed by atoms with Crippen LogP contribution in [0.1, 0.15) is 28.4 Å². The molecule has 0 fully saturated rings. The van der Waals surface area contributed by atoms with Gasteiger partial charge in [-0.05, 0) is 25.1 Å². The van der Waals surface area contributed by atoms with Crippen molar-refractivity contribution < 1.29 is 9.53 Å². The SMILES string of the molecule is CC(=O)c1cc(Cl)c2c(c1)Cc1cccnc1O2. The summed E-state index contributed by atoms with van der Waals surface area (Å²) >= 11 is 6.15. The molecular formula is C14H10ClNO2. The van der Waals surface area contributed by atoms with E-state index in [1.54, 1.807) is 12.3 Å². The molecule has 0 radical (unpaired) electrons. The first kappa shape index (κ1) is 11.2. The van der Waals surface area contributed by atoms with Crippen molar-refractivity contribution in [3.63, 3.8) is 0 Å². The molecule has 1 aromatic carbocycles. The highest BCUT2D eigenvalue weighted by molar-refractivity contribution is 6.32. The first-order valence-electron chi connectivity index (χ1n) is 5.60. The van der Waals surface area contributed by atoms with Crippen molar-refractivity contribution in [1.82, 2.24) is 4.98 Å². The number of benzene rings is 1. The molecule has 3 rings (SSSR count). The van der Waals surface area contributed by atoms with E-state index in [0.717, 1.165) is 11.1 Å². The van der Waals surface area contributed by atoms with Crippen LogP contribution in [0.5, 0.6) is 11.6 Å². The standard InChI is InChI=1S/C14H10ClNO2/c1-8(17)10-6-11-5-9-3-2-4-16-14(9)18-13(11)12(15)7-10/h2-4,6-7H,5H2,1H3. The van der Waals surface area contributed by atoms with Gasteiger partial charge < -0.3 is 4.74 Å². The van der Waals surface area contributed by atoms with Crippen LogP contribution in [0.4, 0.5) is 0 Å². The zero-order chi connectivity index (χ0) is 12.7. The minimum Gasteiger partial charge on any atom is -0.437 e. The highest BCUT2D eigenvalue weighted by atomic mass is 35.5. The van der Waals surface area contributed by atoms with E-state index in [0.29, 0.717) is 28.6 Å². The number of fused-ring (bicyclic) bond motifs is 2. The van der Waals surface area contributed by atoms with Crippen molar-refractivity contribution in [2.24, 2.45) is 0 Å². The van der Waals surface area contributed by atoms with E-state index < -0.39 is 0 Å². The summed E-state index contributed by atoms with van der Waals surface area (Å²) in [5.41, 5.74) is 2.53. The summed E-state index contributed by atoms with van der Waals surface area (Å²) in [6.45, 7) is 1.53. The van der Waals surface area contributed by atoms with E-state index in [2.05, 4.69) is 4.98 Å². The third kappa shape index (κ3) is 1.77. The second kappa shape index (κ2) is 4.10. The summed E-state index contributed by atoms with van der Waals surface area (Å²) in [5, 5.41) is 0.453. The number of halogens is 1. The molecule has 2 aromatic rings. The molecule has 0 spiro atoms. The Labute approximate surface area is 109 Å². The number of carbonyl (C=O) groups is 1. The quantitative estimate of drug-likeness (QED) is 0.627. The van der Waals surface area contributed by atoms with Gasteiger partial charge in [0.1, 0.15) is 0 Å². The molecular weight excluding hydrogens is 250 g/mol. The van der Waals surface area contributed by atoms with Crippen LogP contribution in [0.25, 0.3) is 0 Å². The Kier molecular flexibility index (Phi) is 2.56. The fourth-order valence-corrected chi connectivity index (χ4v) is 2.33. The van der Waals surface area contributed by atoms with Crippen LogP contribution in [0.3, 0.4) is 0 Å². The second-order valence-corrected chi connectivity index (χ2v) is 4.66. The molecule has 1 aliphatic heterocycles. The van der Waals surface area contributed by atoms with Crippen molar-refractivity contribution in [3.8, 4) is 11.6 Å². The highest BCUT2D eigenvalue weighted by Crippen LogP contribution is 2.40. The predicted octanol–water partition coefficient (Wildman–Crippen LogP) is 3.63. The average molecular weight is 260 g/mol. The second-order valence-electron chi connectivity index (χ2n) is 4.25. The van der Waals surface area contributed by atoms with Crippen LogP contribution in [0.2, 0.25) is 5.02 Å². The van der Waals surface area contributed by atoms with Crippen LogP contribution in [0, 0.1) is 0 Å². The number of hydrogen-bond acceptors (Lipinski definition) is 3. The van der Waals surface area contributed by atoms with Gasteiger partial charge in [-0.3, -0.25) is 4.79 Å². The fourth-order valence-electron chi connectivity index (χ4n) is 2.05. The van der Waals surface area contributed by atoms with Crippen LogP contribution in [-0.4, -0.2) is 10.8 Å². The number of carbonyl (C=O) groups excluding carboxylic acids is 1. The Balaban J connectivity index is 2.13. The zero-order valence-electron chi connectivity index (χ0n) is 9.74. The summed E-state index contributed by atoms with van der Waals surface area (Å²) in [4.78, 5) is 15.6. The molecule has 0 aliphatic carbocycles. The third-order valence-electron chi connectivity index (χ3n) is 2.96. The molecule has 0 saturated heterocycles. The van der Waals surface area contributed by atoms with E-state index in [1.807, 2.05) is 18.2 Å². The van der Waals surface area contributed by atoms with E-state index >= 15 is 0 Å². The Morgan fingerprint density at radius 1 is 1.39 bits per heavy atom. The maximum Gasteiger partial charge on any atom is 0.222 e. The Morgan fingerprint density at radius 2 is 2.22 bits per heavy atom. The molecule has 1 aliphatic rings. The lowest BCUT2D eigenvalue weighted by Crippen LogP contribution is -2.06. The molecule has 1 aromatic heterocycles. The normalized spacial score (nSPS) is 12.3. The van der Waals surface area contributed by atoms with Crippen LogP contribution >= 0.6 is 11.6 Å². The monoisotopic (exact) mass is 259 g/mol. The van der Waals surface area contributed by atoms with Gasteiger partial charge >= 0.3 is 0 Å². The summed E-state index contributed by atoms with van der Waals surface area (Å²) in [5.74, 6) is 1.19. The maximum atomic E-state index is 11.4. The van der Waals surface area contributed by atoms with E-state index in [1.165, 1.54) is 6.92 Å². The first-order chi connectivity index (χ1) is 8.65. The first-order valence-corrected chi connectivity index (χ1v) is 5.98. The molecule has 4 heteroatoms. The summed E-state index contributed by atoms with van der Waals surface area (Å²) in [6.07, 6.45) is 2.36. The summed E-state index contributed by atoms with van der Waals surface area (Å²) < 4.78 is 5.69. The topological polar surface area (TPSA) is 39.2 Å². The van der Waals surface area contributed by atoms with Crippen molar-refractivity contribution in [2.75, 3.05) is 0 Å². The average Bonchev–Trinajstić information content (AvgIpc) is 2.36. The van der Waals surface area contributed by atoms with Gasteiger partial charge in [0.05, 0.1) is 5.02 Å². The fraction of sp³-hybridized carbons (Fsp3) is 0.143. The molecule has 0 atom stereocenters. The number of rotatable bonds is 1. The van der Waals surface area contributed by atoms with E-state index in [9.17, 15) is 4.79 Å². The molecule has 0 saturated carbocycles. The number of aromatic nitrogens is 1. The molecule has 0 unspecified atom stereocenters. The lowest BCUT2D eigenvalue weighted by atomic mass is 9.99. The number of Topliss-reactive ketones (excluding diaryl/α,β-unsaturated/α-hetero) is 1. The number of pyridine rings is 1. The maximum absolute atomic E-state index is 11.4. The van der Waals surface area contributed by atoms with Crippen molar-refractivity contribution in [3.05, 3.63) is 52.2 Å². The third-order valence-corrected chi connectivity index (χ3v) is 3.24. The Bertz CT molecular complexity index is 652. The molecule has 2 heterocycles. The molecule has 0 N–H and O–H groups in total. The predicted molar refractivity (Wildman–Crippen MR) is 68.6 cm³/mol. The van der Waals surface area contributed by atoms with Crippen LogP contribution in [-0.2, 0) is 6.42 Å². The zero-order valence-corrected chi connectivity index (χ0v) is 10.5. The van der Waals surface area contributed by atoms with Gasteiger partial charge in [-0.1, -0.05) is 17.7 Å². The van der Waals surface area contributed by atoms with Gasteiger partial charge in [-0.2, -0.15) is 0 Å². The number of ketones is 1. The minimum absolute atomic E-state index is 0.00307. The van der Waals surface area contributed by atoms with Gasteiger partial charge in [0.15, 0.2) is 11.5 Å². The van der Waals surface area contributed by atoms with Crippen molar-refractivity contribution in [1.29, 1.82) is 0 Å². The Hall–Kier alpha value is -1.87. The lowest BCUT2D eigenvalue weighted by Gasteiger charge is -2.20. The number of ether oxygens (including phenoxy) is 1. The van der Waals surface area contributed by atoms with E-state index in [4.69, 9.17) is 16.3 Å². The summed E-state index contributed by atoms with van der Waals surface area (Å²) in [6, 6.07) is 7.29. The Morgan fingerprint density at radius 3 is 3.00 bits per heavy atom. The van der Waals surface area contributed by atoms with Crippen LogP contribution in [0.15, 0.2) is 30.5 Å². The van der Waals surface area contributed by atoms with Crippen LogP contribution < -0.4 is 4.74 Å². The van der Waals surface area contributed by atoms with Gasteiger partial charge in [-0.25, -0.2) is 4.98 Å². The highest BCUT2D eigenvalue weighted by Gasteiger charge is 2.21. The molecule has 18 heavy (non-hydrogen) atoms. The minimum atomic E-state index is -0.00307. The van der Waals surface area contributed by atoms with Gasteiger partial charge in [0, 0.05) is 29.3 Å². The molecule has 0 bridgehead atoms. The molecule has 90 valence electrons.